The van der Waals surface area contributed by atoms with E-state index in [2.05, 4.69) is 51.4 Å². The van der Waals surface area contributed by atoms with Gasteiger partial charge < -0.3 is 10.2 Å². The largest absolute Gasteiger partial charge is 0.382 e. The van der Waals surface area contributed by atoms with Crippen LogP contribution in [0.2, 0.25) is 0 Å². The lowest BCUT2D eigenvalue weighted by molar-refractivity contribution is 0.548. The van der Waals surface area contributed by atoms with Crippen LogP contribution in [-0.2, 0) is 0 Å². The molecule has 0 radical (unpaired) electrons. The molecule has 1 saturated carbocycles. The number of para-hydroxylation sites is 1. The SMILES string of the molecule is CN1CC2(CC2)CNc2c(Br)cccc21. The Labute approximate surface area is 98.8 Å². The molecule has 2 aliphatic rings. The van der Waals surface area contributed by atoms with Gasteiger partial charge in [-0.1, -0.05) is 6.07 Å². The summed E-state index contributed by atoms with van der Waals surface area (Å²) in [6.45, 7) is 2.30. The number of benzene rings is 1. The van der Waals surface area contributed by atoms with Crippen LogP contribution < -0.4 is 10.2 Å². The number of hydrogen-bond donors (Lipinski definition) is 1. The predicted molar refractivity (Wildman–Crippen MR) is 67.6 cm³/mol. The van der Waals surface area contributed by atoms with Crippen molar-refractivity contribution in [2.45, 2.75) is 12.8 Å². The highest BCUT2D eigenvalue weighted by molar-refractivity contribution is 9.10. The summed E-state index contributed by atoms with van der Waals surface area (Å²) in [5.41, 5.74) is 3.12. The van der Waals surface area contributed by atoms with Crippen molar-refractivity contribution in [1.29, 1.82) is 0 Å². The predicted octanol–water partition coefficient (Wildman–Crippen LogP) is 3.09. The Morgan fingerprint density at radius 1 is 1.40 bits per heavy atom. The number of hydrogen-bond acceptors (Lipinski definition) is 2. The normalized spacial score (nSPS) is 21.9. The van der Waals surface area contributed by atoms with Gasteiger partial charge >= 0.3 is 0 Å². The molecule has 0 unspecified atom stereocenters. The zero-order valence-corrected chi connectivity index (χ0v) is 10.5. The second-order valence-electron chi connectivity index (χ2n) is 4.84. The number of fused-ring (bicyclic) bond motifs is 1. The van der Waals surface area contributed by atoms with Gasteiger partial charge in [-0.3, -0.25) is 0 Å². The minimum atomic E-state index is 0.549. The fraction of sp³-hybridized carbons (Fsp3) is 0.500. The van der Waals surface area contributed by atoms with Crippen molar-refractivity contribution in [1.82, 2.24) is 0 Å². The van der Waals surface area contributed by atoms with E-state index in [0.717, 1.165) is 6.54 Å². The van der Waals surface area contributed by atoms with Crippen LogP contribution in [0.4, 0.5) is 11.4 Å². The Kier molecular flexibility index (Phi) is 2.00. The molecule has 3 rings (SSSR count). The van der Waals surface area contributed by atoms with Crippen molar-refractivity contribution in [3.8, 4) is 0 Å². The summed E-state index contributed by atoms with van der Waals surface area (Å²) in [6.07, 6.45) is 2.74. The second-order valence-corrected chi connectivity index (χ2v) is 5.70. The number of nitrogens with one attached hydrogen (secondary N) is 1. The van der Waals surface area contributed by atoms with Crippen LogP contribution in [0.3, 0.4) is 0 Å². The molecule has 1 N–H and O–H groups in total. The summed E-state index contributed by atoms with van der Waals surface area (Å²) in [6, 6.07) is 6.39. The summed E-state index contributed by atoms with van der Waals surface area (Å²) in [5.74, 6) is 0. The fourth-order valence-electron chi connectivity index (χ4n) is 2.44. The van der Waals surface area contributed by atoms with Crippen LogP contribution in [0.25, 0.3) is 0 Å². The molecule has 3 heteroatoms. The van der Waals surface area contributed by atoms with Gasteiger partial charge in [0.15, 0.2) is 0 Å². The maximum absolute atomic E-state index is 3.61. The molecule has 1 aromatic rings. The topological polar surface area (TPSA) is 15.3 Å². The minimum Gasteiger partial charge on any atom is -0.382 e. The molecule has 1 aromatic carbocycles. The molecule has 0 bridgehead atoms. The maximum Gasteiger partial charge on any atom is 0.0722 e. The van der Waals surface area contributed by atoms with Gasteiger partial charge in [0.2, 0.25) is 0 Å². The van der Waals surface area contributed by atoms with E-state index in [0.29, 0.717) is 5.41 Å². The van der Waals surface area contributed by atoms with E-state index in [9.17, 15) is 0 Å². The highest BCUT2D eigenvalue weighted by atomic mass is 79.9. The zero-order valence-electron chi connectivity index (χ0n) is 8.89. The minimum absolute atomic E-state index is 0.549. The molecule has 0 aromatic heterocycles. The summed E-state index contributed by atoms with van der Waals surface area (Å²) < 4.78 is 1.17. The van der Waals surface area contributed by atoms with Crippen LogP contribution in [0.15, 0.2) is 22.7 Å². The number of anilines is 2. The van der Waals surface area contributed by atoms with Crippen LogP contribution in [0.1, 0.15) is 12.8 Å². The van der Waals surface area contributed by atoms with Crippen LogP contribution in [-0.4, -0.2) is 20.1 Å². The summed E-state index contributed by atoms with van der Waals surface area (Å²) >= 11 is 3.61. The van der Waals surface area contributed by atoms with Gasteiger partial charge in [0, 0.05) is 30.0 Å². The molecule has 0 saturated heterocycles. The van der Waals surface area contributed by atoms with Gasteiger partial charge in [0.1, 0.15) is 0 Å². The molecule has 80 valence electrons. The van der Waals surface area contributed by atoms with Crippen molar-refractivity contribution < 1.29 is 0 Å². The highest BCUT2D eigenvalue weighted by Crippen LogP contribution is 2.49. The van der Waals surface area contributed by atoms with E-state index >= 15 is 0 Å². The van der Waals surface area contributed by atoms with Gasteiger partial charge in [-0.25, -0.2) is 0 Å². The van der Waals surface area contributed by atoms with E-state index in [-0.39, 0.29) is 0 Å². The molecule has 1 heterocycles. The Balaban J connectivity index is 2.03. The number of halogens is 1. The van der Waals surface area contributed by atoms with Gasteiger partial charge in [-0.15, -0.1) is 0 Å². The molecule has 1 aliphatic carbocycles. The highest BCUT2D eigenvalue weighted by Gasteiger charge is 2.44. The first kappa shape index (κ1) is 9.52. The van der Waals surface area contributed by atoms with Crippen LogP contribution in [0.5, 0.6) is 0 Å². The first-order valence-corrected chi connectivity index (χ1v) is 6.23. The summed E-state index contributed by atoms with van der Waals surface area (Å²) in [5, 5.41) is 3.59. The van der Waals surface area contributed by atoms with E-state index < -0.39 is 0 Å². The van der Waals surface area contributed by atoms with Gasteiger partial charge in [-0.05, 0) is 40.9 Å². The molecule has 1 fully saturated rings. The molecule has 2 nitrogen and oxygen atoms in total. The third-order valence-corrected chi connectivity index (χ3v) is 4.23. The van der Waals surface area contributed by atoms with Gasteiger partial charge in [0.05, 0.1) is 11.4 Å². The Bertz CT molecular complexity index is 399. The average Bonchev–Trinajstić information content (AvgIpc) is 2.97. The van der Waals surface area contributed by atoms with E-state index in [1.54, 1.807) is 0 Å². The monoisotopic (exact) mass is 266 g/mol. The maximum atomic E-state index is 3.61. The van der Waals surface area contributed by atoms with Gasteiger partial charge in [-0.2, -0.15) is 0 Å². The smallest absolute Gasteiger partial charge is 0.0722 e. The molecule has 0 amide bonds. The van der Waals surface area contributed by atoms with E-state index in [1.807, 2.05) is 0 Å². The fourth-order valence-corrected chi connectivity index (χ4v) is 2.93. The van der Waals surface area contributed by atoms with Crippen LogP contribution in [0, 0.1) is 5.41 Å². The molecule has 1 aliphatic heterocycles. The first-order valence-electron chi connectivity index (χ1n) is 5.44. The van der Waals surface area contributed by atoms with Crippen molar-refractivity contribution in [2.75, 3.05) is 30.4 Å². The number of rotatable bonds is 0. The Morgan fingerprint density at radius 2 is 2.20 bits per heavy atom. The van der Waals surface area contributed by atoms with Crippen molar-refractivity contribution in [3.63, 3.8) is 0 Å². The second kappa shape index (κ2) is 3.14. The van der Waals surface area contributed by atoms with Crippen molar-refractivity contribution >= 4 is 27.3 Å². The lowest BCUT2D eigenvalue weighted by Crippen LogP contribution is -2.27. The van der Waals surface area contributed by atoms with E-state index in [1.165, 1.54) is 35.2 Å². The number of nitrogens with zero attached hydrogens (tertiary/aromatic N) is 1. The molecular weight excluding hydrogens is 252 g/mol. The summed E-state index contributed by atoms with van der Waals surface area (Å²) in [7, 11) is 2.19. The molecule has 1 spiro atoms. The Hall–Kier alpha value is -0.700. The van der Waals surface area contributed by atoms with Crippen molar-refractivity contribution in [3.05, 3.63) is 22.7 Å². The van der Waals surface area contributed by atoms with Gasteiger partial charge in [0.25, 0.3) is 0 Å². The van der Waals surface area contributed by atoms with E-state index in [4.69, 9.17) is 0 Å². The molecule has 15 heavy (non-hydrogen) atoms. The summed E-state index contributed by atoms with van der Waals surface area (Å²) in [4.78, 5) is 2.38. The third kappa shape index (κ3) is 1.53. The quantitative estimate of drug-likeness (QED) is 0.777. The first-order chi connectivity index (χ1) is 7.20. The third-order valence-electron chi connectivity index (χ3n) is 3.57. The average molecular weight is 267 g/mol. The molecule has 0 atom stereocenters. The standard InChI is InChI=1S/C12H15BrN2/c1-15-8-12(5-6-12)7-14-11-9(13)3-2-4-10(11)15/h2-4,14H,5-8H2,1H3. The Morgan fingerprint density at radius 3 is 2.93 bits per heavy atom. The lowest BCUT2D eigenvalue weighted by atomic mass is 10.1. The zero-order chi connectivity index (χ0) is 10.5. The lowest BCUT2D eigenvalue weighted by Gasteiger charge is -2.22. The van der Waals surface area contributed by atoms with Crippen LogP contribution >= 0.6 is 15.9 Å². The van der Waals surface area contributed by atoms with Crippen molar-refractivity contribution in [2.24, 2.45) is 5.41 Å². The molecular formula is C12H15BrN2.